The normalized spacial score (nSPS) is 14.1. The van der Waals surface area contributed by atoms with Crippen LogP contribution < -0.4 is 20.1 Å². The van der Waals surface area contributed by atoms with Crippen molar-refractivity contribution in [1.29, 1.82) is 0 Å². The van der Waals surface area contributed by atoms with E-state index in [9.17, 15) is 22.8 Å². The van der Waals surface area contributed by atoms with Gasteiger partial charge in [0.15, 0.2) is 0 Å². The minimum atomic E-state index is -4.17. The van der Waals surface area contributed by atoms with Crippen LogP contribution in [0.4, 0.5) is 10.5 Å². The van der Waals surface area contributed by atoms with Crippen molar-refractivity contribution in [3.63, 3.8) is 0 Å². The molecule has 1 saturated carbocycles. The van der Waals surface area contributed by atoms with Gasteiger partial charge < -0.3 is 20.5 Å². The van der Waals surface area contributed by atoms with Crippen molar-refractivity contribution in [2.75, 3.05) is 18.5 Å². The topological polar surface area (TPSA) is 164 Å². The summed E-state index contributed by atoms with van der Waals surface area (Å²) in [4.78, 5) is 39.8. The average Bonchev–Trinajstić information content (AvgIpc) is 2.83. The third-order valence-corrected chi connectivity index (χ3v) is 6.56. The number of pyridine rings is 1. The Hall–Kier alpha value is -3.51. The molecule has 1 aromatic carbocycles. The third-order valence-electron chi connectivity index (χ3n) is 5.21. The largest absolute Gasteiger partial charge is 0.414 e. The number of aliphatic hydroxyl groups excluding tert-OH is 1. The Morgan fingerprint density at radius 3 is 2.35 bits per heavy atom. The van der Waals surface area contributed by atoms with Crippen LogP contribution in [-0.2, 0) is 14.8 Å². The highest BCUT2D eigenvalue weighted by Crippen LogP contribution is 2.25. The molecule has 0 radical (unpaired) electrons. The van der Waals surface area contributed by atoms with Gasteiger partial charge in [0.1, 0.15) is 0 Å². The molecule has 34 heavy (non-hydrogen) atoms. The number of amides is 3. The molecule has 3 amide bonds. The molecule has 4 N–H and O–H groups in total. The number of aromatic nitrogens is 1. The second-order valence-electron chi connectivity index (χ2n) is 7.71. The number of benzene rings is 1. The van der Waals surface area contributed by atoms with E-state index in [1.165, 1.54) is 36.4 Å². The van der Waals surface area contributed by atoms with E-state index in [0.717, 1.165) is 38.3 Å². The fraction of sp³-hybridized carbons (Fsp3) is 0.364. The molecule has 1 aromatic heterocycles. The second-order valence-corrected chi connectivity index (χ2v) is 9.39. The first-order chi connectivity index (χ1) is 16.3. The van der Waals surface area contributed by atoms with E-state index in [0.29, 0.717) is 5.69 Å². The Morgan fingerprint density at radius 2 is 1.74 bits per heavy atom. The van der Waals surface area contributed by atoms with Crippen LogP contribution in [0.15, 0.2) is 47.5 Å². The third kappa shape index (κ3) is 6.99. The lowest BCUT2D eigenvalue weighted by Gasteiger charge is -2.20. The van der Waals surface area contributed by atoms with Crippen LogP contribution in [0, 0.1) is 5.92 Å². The van der Waals surface area contributed by atoms with Crippen molar-refractivity contribution in [1.82, 2.24) is 15.0 Å². The Morgan fingerprint density at radius 1 is 1.03 bits per heavy atom. The molecule has 0 unspecified atom stereocenters. The fourth-order valence-corrected chi connectivity index (χ4v) is 4.40. The Bertz CT molecular complexity index is 1110. The van der Waals surface area contributed by atoms with Crippen LogP contribution in [0.5, 0.6) is 5.88 Å². The molecule has 3 rings (SSSR count). The van der Waals surface area contributed by atoms with E-state index < -0.39 is 22.0 Å². The van der Waals surface area contributed by atoms with Crippen molar-refractivity contribution in [3.8, 4) is 5.88 Å². The maximum atomic E-state index is 12.6. The van der Waals surface area contributed by atoms with Gasteiger partial charge in [0.2, 0.25) is 11.8 Å². The van der Waals surface area contributed by atoms with Crippen LogP contribution in [-0.4, -0.2) is 49.6 Å². The maximum absolute atomic E-state index is 12.6. The van der Waals surface area contributed by atoms with Gasteiger partial charge in [-0.05, 0) is 43.2 Å². The van der Waals surface area contributed by atoms with Gasteiger partial charge in [-0.1, -0.05) is 19.3 Å². The molecular weight excluding hydrogens is 464 g/mol. The van der Waals surface area contributed by atoms with Gasteiger partial charge in [-0.2, -0.15) is 0 Å². The molecule has 0 bridgehead atoms. The van der Waals surface area contributed by atoms with Crippen molar-refractivity contribution >= 4 is 33.6 Å². The molecule has 0 saturated heterocycles. The maximum Gasteiger partial charge on any atom is 0.414 e. The summed E-state index contributed by atoms with van der Waals surface area (Å²) < 4.78 is 31.9. The van der Waals surface area contributed by atoms with Crippen LogP contribution >= 0.6 is 0 Å². The van der Waals surface area contributed by atoms with Gasteiger partial charge in [-0.25, -0.2) is 22.9 Å². The SMILES string of the molecule is O=C(NCCO)Oc1ccc(C(=O)NS(=O)(=O)c2ccc(NC(=O)C3CCCCC3)cc2)cn1. The summed E-state index contributed by atoms with van der Waals surface area (Å²) in [6, 6.07) is 8.00. The lowest BCUT2D eigenvalue weighted by Crippen LogP contribution is -2.31. The molecule has 0 atom stereocenters. The molecule has 1 heterocycles. The molecular formula is C22H26N4O7S. The average molecular weight is 491 g/mol. The van der Waals surface area contributed by atoms with Crippen molar-refractivity contribution in [2.45, 2.75) is 37.0 Å². The molecule has 12 heteroatoms. The molecule has 0 aliphatic heterocycles. The Labute approximate surface area is 197 Å². The van der Waals surface area contributed by atoms with E-state index in [1.54, 1.807) is 0 Å². The second kappa shape index (κ2) is 11.6. The zero-order chi connectivity index (χ0) is 24.6. The van der Waals surface area contributed by atoms with Crippen LogP contribution in [0.25, 0.3) is 0 Å². The minimum Gasteiger partial charge on any atom is -0.395 e. The zero-order valence-electron chi connectivity index (χ0n) is 18.3. The molecule has 1 aliphatic rings. The summed E-state index contributed by atoms with van der Waals surface area (Å²) in [6.07, 6.45) is 5.12. The van der Waals surface area contributed by atoms with Crippen molar-refractivity contribution in [2.24, 2.45) is 5.92 Å². The molecule has 0 spiro atoms. The van der Waals surface area contributed by atoms with E-state index in [-0.39, 0.29) is 41.3 Å². The number of rotatable bonds is 8. The van der Waals surface area contributed by atoms with E-state index >= 15 is 0 Å². The summed E-state index contributed by atoms with van der Waals surface area (Å²) in [5.41, 5.74) is 0.409. The number of nitrogens with zero attached hydrogens (tertiary/aromatic N) is 1. The molecule has 11 nitrogen and oxygen atoms in total. The van der Waals surface area contributed by atoms with E-state index in [2.05, 4.69) is 15.6 Å². The van der Waals surface area contributed by atoms with Gasteiger partial charge in [-0.3, -0.25) is 9.59 Å². The molecule has 182 valence electrons. The summed E-state index contributed by atoms with van der Waals surface area (Å²) in [6.45, 7) is -0.251. The summed E-state index contributed by atoms with van der Waals surface area (Å²) in [5.74, 6) is -1.13. The predicted molar refractivity (Wildman–Crippen MR) is 122 cm³/mol. The predicted octanol–water partition coefficient (Wildman–Crippen LogP) is 1.80. The number of carbonyl (C=O) groups is 3. The number of carbonyl (C=O) groups excluding carboxylic acids is 3. The molecule has 2 aromatic rings. The highest BCUT2D eigenvalue weighted by Gasteiger charge is 2.22. The smallest absolute Gasteiger partial charge is 0.395 e. The van der Waals surface area contributed by atoms with Gasteiger partial charge in [-0.15, -0.1) is 0 Å². The standard InChI is InChI=1S/C22H26N4O7S/c27-13-12-23-22(30)33-19-11-6-16(14-24-19)21(29)26-34(31,32)18-9-7-17(8-10-18)25-20(28)15-4-2-1-3-5-15/h6-11,14-15,27H,1-5,12-13H2,(H,23,30)(H,25,28)(H,26,29). The van der Waals surface area contributed by atoms with Gasteiger partial charge in [0, 0.05) is 30.4 Å². The zero-order valence-corrected chi connectivity index (χ0v) is 19.1. The monoisotopic (exact) mass is 490 g/mol. The van der Waals surface area contributed by atoms with E-state index in [4.69, 9.17) is 9.84 Å². The van der Waals surface area contributed by atoms with Gasteiger partial charge in [0.05, 0.1) is 17.1 Å². The summed E-state index contributed by atoms with van der Waals surface area (Å²) >= 11 is 0. The first-order valence-electron chi connectivity index (χ1n) is 10.8. The number of anilines is 1. The minimum absolute atomic E-state index is 0.00501. The molecule has 1 fully saturated rings. The number of hydrogen-bond donors (Lipinski definition) is 4. The van der Waals surface area contributed by atoms with Crippen LogP contribution in [0.3, 0.4) is 0 Å². The number of hydrogen-bond acceptors (Lipinski definition) is 8. The van der Waals surface area contributed by atoms with Crippen molar-refractivity contribution in [3.05, 3.63) is 48.2 Å². The fourth-order valence-electron chi connectivity index (χ4n) is 3.43. The first kappa shape index (κ1) is 25.1. The number of nitrogens with one attached hydrogen (secondary N) is 3. The summed E-state index contributed by atoms with van der Waals surface area (Å²) in [5, 5.41) is 13.7. The highest BCUT2D eigenvalue weighted by molar-refractivity contribution is 7.90. The van der Waals surface area contributed by atoms with Crippen LogP contribution in [0.2, 0.25) is 0 Å². The number of sulfonamides is 1. The van der Waals surface area contributed by atoms with Crippen LogP contribution in [0.1, 0.15) is 42.5 Å². The Kier molecular flexibility index (Phi) is 8.55. The van der Waals surface area contributed by atoms with Crippen molar-refractivity contribution < 1.29 is 32.6 Å². The number of ether oxygens (including phenoxy) is 1. The van der Waals surface area contributed by atoms with E-state index in [1.807, 2.05) is 4.72 Å². The lowest BCUT2D eigenvalue weighted by molar-refractivity contribution is -0.120. The van der Waals surface area contributed by atoms with Gasteiger partial charge in [0.25, 0.3) is 15.9 Å². The number of aliphatic hydroxyl groups is 1. The summed E-state index contributed by atoms with van der Waals surface area (Å²) in [7, 11) is -4.17. The molecule has 1 aliphatic carbocycles. The quantitative estimate of drug-likeness (QED) is 0.435. The Balaban J connectivity index is 1.57. The first-order valence-corrected chi connectivity index (χ1v) is 12.3. The highest BCUT2D eigenvalue weighted by atomic mass is 32.2. The van der Waals surface area contributed by atoms with Gasteiger partial charge >= 0.3 is 6.09 Å². The lowest BCUT2D eigenvalue weighted by atomic mass is 9.88.